The van der Waals surface area contributed by atoms with Crippen molar-refractivity contribution < 1.29 is 19.0 Å². The number of carbonyl (C=O) groups excluding carboxylic acids is 1. The van der Waals surface area contributed by atoms with Gasteiger partial charge in [0.05, 0.1) is 28.2 Å². The Hall–Kier alpha value is -2.55. The summed E-state index contributed by atoms with van der Waals surface area (Å²) in [5, 5.41) is 3.65. The van der Waals surface area contributed by atoms with Crippen molar-refractivity contribution in [1.29, 1.82) is 0 Å². The van der Waals surface area contributed by atoms with Crippen LogP contribution in [0.1, 0.15) is 6.92 Å². The number of nitrogens with one attached hydrogen (secondary N) is 1. The summed E-state index contributed by atoms with van der Waals surface area (Å²) >= 11 is 1.51. The number of pyridine rings is 1. The smallest absolute Gasteiger partial charge is 0.253 e. The molecule has 0 saturated carbocycles. The quantitative estimate of drug-likeness (QED) is 0.597. The molecule has 1 atom stereocenters. The molecule has 1 N–H and O–H groups in total. The SMILES string of the molecule is COCCOc1cc(-c2cncs2)nc2ccc(NC(=O)[C@H](C)OC)cc12. The molecular formula is C19H21N3O4S. The van der Waals surface area contributed by atoms with Crippen LogP contribution in [0.15, 0.2) is 36.0 Å². The van der Waals surface area contributed by atoms with E-state index in [0.717, 1.165) is 21.5 Å². The third-order valence-electron chi connectivity index (χ3n) is 3.99. The van der Waals surface area contributed by atoms with E-state index in [1.165, 1.54) is 18.4 Å². The van der Waals surface area contributed by atoms with Gasteiger partial charge in [0.1, 0.15) is 18.5 Å². The second-order valence-corrected chi connectivity index (χ2v) is 6.70. The molecule has 0 radical (unpaired) electrons. The van der Waals surface area contributed by atoms with Crippen molar-refractivity contribution >= 4 is 33.8 Å². The molecule has 7 nitrogen and oxygen atoms in total. The summed E-state index contributed by atoms with van der Waals surface area (Å²) in [6.07, 6.45) is 1.24. The maximum absolute atomic E-state index is 12.1. The molecule has 3 rings (SSSR count). The highest BCUT2D eigenvalue weighted by molar-refractivity contribution is 7.13. The number of anilines is 1. The van der Waals surface area contributed by atoms with Gasteiger partial charge >= 0.3 is 0 Å². The van der Waals surface area contributed by atoms with Crippen molar-refractivity contribution in [1.82, 2.24) is 9.97 Å². The highest BCUT2D eigenvalue weighted by atomic mass is 32.1. The van der Waals surface area contributed by atoms with Gasteiger partial charge in [0.15, 0.2) is 0 Å². The molecule has 0 saturated heterocycles. The second-order valence-electron chi connectivity index (χ2n) is 5.81. The van der Waals surface area contributed by atoms with E-state index in [-0.39, 0.29) is 5.91 Å². The summed E-state index contributed by atoms with van der Waals surface area (Å²) in [7, 11) is 3.12. The van der Waals surface area contributed by atoms with Crippen LogP contribution in [0.3, 0.4) is 0 Å². The molecule has 2 heterocycles. The predicted octanol–water partition coefficient (Wildman–Crippen LogP) is 3.36. The van der Waals surface area contributed by atoms with Crippen LogP contribution in [-0.2, 0) is 14.3 Å². The van der Waals surface area contributed by atoms with E-state index >= 15 is 0 Å². The highest BCUT2D eigenvalue weighted by Gasteiger charge is 2.14. The number of methoxy groups -OCH3 is 2. The first kappa shape index (κ1) is 19.2. The zero-order chi connectivity index (χ0) is 19.2. The summed E-state index contributed by atoms with van der Waals surface area (Å²) in [5.74, 6) is 0.462. The van der Waals surface area contributed by atoms with Crippen molar-refractivity contribution in [3.63, 3.8) is 0 Å². The van der Waals surface area contributed by atoms with E-state index in [0.29, 0.717) is 24.7 Å². The topological polar surface area (TPSA) is 82.6 Å². The summed E-state index contributed by atoms with van der Waals surface area (Å²) in [6.45, 7) is 2.58. The summed E-state index contributed by atoms with van der Waals surface area (Å²) in [5.41, 5.74) is 3.98. The molecule has 0 aliphatic carbocycles. The minimum Gasteiger partial charge on any atom is -0.490 e. The molecular weight excluding hydrogens is 366 g/mol. The van der Waals surface area contributed by atoms with Crippen molar-refractivity contribution in [3.05, 3.63) is 36.0 Å². The molecule has 1 aromatic carbocycles. The van der Waals surface area contributed by atoms with E-state index in [9.17, 15) is 4.79 Å². The van der Waals surface area contributed by atoms with E-state index in [1.807, 2.05) is 24.3 Å². The lowest BCUT2D eigenvalue weighted by Crippen LogP contribution is -2.26. The molecule has 3 aromatic rings. The second kappa shape index (κ2) is 8.90. The molecule has 0 bridgehead atoms. The molecule has 27 heavy (non-hydrogen) atoms. The van der Waals surface area contributed by atoms with Crippen LogP contribution >= 0.6 is 11.3 Å². The summed E-state index contributed by atoms with van der Waals surface area (Å²) in [6, 6.07) is 7.40. The monoisotopic (exact) mass is 387 g/mol. The zero-order valence-corrected chi connectivity index (χ0v) is 16.2. The van der Waals surface area contributed by atoms with Crippen LogP contribution < -0.4 is 10.1 Å². The predicted molar refractivity (Wildman–Crippen MR) is 105 cm³/mol. The van der Waals surface area contributed by atoms with Gasteiger partial charge in [-0.3, -0.25) is 9.78 Å². The largest absolute Gasteiger partial charge is 0.490 e. The lowest BCUT2D eigenvalue weighted by molar-refractivity contribution is -0.124. The Balaban J connectivity index is 1.98. The van der Waals surface area contributed by atoms with Crippen molar-refractivity contribution in [3.8, 4) is 16.3 Å². The van der Waals surface area contributed by atoms with Gasteiger partial charge in [-0.15, -0.1) is 11.3 Å². The average Bonchev–Trinajstić information content (AvgIpc) is 3.22. The Bertz CT molecular complexity index is 915. The van der Waals surface area contributed by atoms with Crippen LogP contribution in [-0.4, -0.2) is 49.4 Å². The van der Waals surface area contributed by atoms with Gasteiger partial charge in [-0.05, 0) is 25.1 Å². The van der Waals surface area contributed by atoms with E-state index in [1.54, 1.807) is 25.7 Å². The van der Waals surface area contributed by atoms with E-state index in [2.05, 4.69) is 10.3 Å². The first-order valence-corrected chi connectivity index (χ1v) is 9.29. The Morgan fingerprint density at radius 1 is 1.26 bits per heavy atom. The Kier molecular flexibility index (Phi) is 6.33. The fraction of sp³-hybridized carbons (Fsp3) is 0.316. The van der Waals surface area contributed by atoms with Crippen LogP contribution in [0.5, 0.6) is 5.75 Å². The number of hydrogen-bond donors (Lipinski definition) is 1. The number of ether oxygens (including phenoxy) is 3. The normalized spacial score (nSPS) is 12.1. The average molecular weight is 387 g/mol. The number of amides is 1. The fourth-order valence-electron chi connectivity index (χ4n) is 2.45. The van der Waals surface area contributed by atoms with Gasteiger partial charge < -0.3 is 19.5 Å². The van der Waals surface area contributed by atoms with Gasteiger partial charge in [-0.1, -0.05) is 0 Å². The first-order valence-electron chi connectivity index (χ1n) is 8.41. The van der Waals surface area contributed by atoms with E-state index < -0.39 is 6.10 Å². The number of aromatic nitrogens is 2. The molecule has 1 amide bonds. The van der Waals surface area contributed by atoms with Gasteiger partial charge in [0.2, 0.25) is 0 Å². The first-order chi connectivity index (χ1) is 13.1. The van der Waals surface area contributed by atoms with Gasteiger partial charge in [-0.2, -0.15) is 0 Å². The third kappa shape index (κ3) is 4.60. The number of thiazole rings is 1. The summed E-state index contributed by atoms with van der Waals surface area (Å²) in [4.78, 5) is 21.9. The van der Waals surface area contributed by atoms with Crippen LogP contribution in [0.4, 0.5) is 5.69 Å². The number of nitrogens with zero attached hydrogens (tertiary/aromatic N) is 2. The number of hydrogen-bond acceptors (Lipinski definition) is 7. The third-order valence-corrected chi connectivity index (χ3v) is 4.79. The maximum Gasteiger partial charge on any atom is 0.253 e. The van der Waals surface area contributed by atoms with Crippen LogP contribution in [0.2, 0.25) is 0 Å². The Morgan fingerprint density at radius 3 is 2.81 bits per heavy atom. The summed E-state index contributed by atoms with van der Waals surface area (Å²) < 4.78 is 16.0. The van der Waals surface area contributed by atoms with Gasteiger partial charge in [-0.25, -0.2) is 4.98 Å². The molecule has 142 valence electrons. The lowest BCUT2D eigenvalue weighted by Gasteiger charge is -2.14. The van der Waals surface area contributed by atoms with E-state index in [4.69, 9.17) is 19.2 Å². The Morgan fingerprint density at radius 2 is 2.11 bits per heavy atom. The lowest BCUT2D eigenvalue weighted by atomic mass is 10.1. The molecule has 0 aliphatic rings. The molecule has 8 heteroatoms. The minimum atomic E-state index is -0.537. The number of fused-ring (bicyclic) bond motifs is 1. The molecule has 2 aromatic heterocycles. The van der Waals surface area contributed by atoms with Gasteiger partial charge in [0, 0.05) is 37.6 Å². The maximum atomic E-state index is 12.1. The molecule has 0 aliphatic heterocycles. The zero-order valence-electron chi connectivity index (χ0n) is 15.4. The fourth-order valence-corrected chi connectivity index (χ4v) is 3.03. The Labute approximate surface area is 161 Å². The standard InChI is InChI=1S/C19H21N3O4S/c1-12(25-3)19(23)21-13-4-5-15-14(8-13)17(26-7-6-24-2)9-16(22-15)18-10-20-11-27-18/h4-5,8-12H,6-7H2,1-3H3,(H,21,23)/t12-/m0/s1. The van der Waals surface area contributed by atoms with Gasteiger partial charge in [0.25, 0.3) is 5.91 Å². The molecule has 0 unspecified atom stereocenters. The van der Waals surface area contributed by atoms with Crippen molar-refractivity contribution in [2.24, 2.45) is 0 Å². The van der Waals surface area contributed by atoms with Crippen molar-refractivity contribution in [2.75, 3.05) is 32.8 Å². The number of rotatable bonds is 8. The number of benzene rings is 1. The van der Waals surface area contributed by atoms with Crippen LogP contribution in [0.25, 0.3) is 21.5 Å². The highest BCUT2D eigenvalue weighted by Crippen LogP contribution is 2.33. The van der Waals surface area contributed by atoms with Crippen molar-refractivity contribution in [2.45, 2.75) is 13.0 Å². The van der Waals surface area contributed by atoms with Crippen LogP contribution in [0, 0.1) is 0 Å². The molecule has 0 spiro atoms. The molecule has 0 fully saturated rings. The minimum absolute atomic E-state index is 0.215. The number of carbonyl (C=O) groups is 1.